The Balaban J connectivity index is 0. The Morgan fingerprint density at radius 2 is 0.733 bits per heavy atom. The van der Waals surface area contributed by atoms with Crippen molar-refractivity contribution in [3.8, 4) is 0 Å². The van der Waals surface area contributed by atoms with Crippen molar-refractivity contribution in [3.63, 3.8) is 0 Å². The summed E-state index contributed by atoms with van der Waals surface area (Å²) >= 11 is 0. The van der Waals surface area contributed by atoms with E-state index in [4.69, 9.17) is 0 Å². The third-order valence-corrected chi connectivity index (χ3v) is 4.04. The number of fused-ring (bicyclic) bond motifs is 8. The third-order valence-electron chi connectivity index (χ3n) is 4.04. The van der Waals surface area contributed by atoms with Crippen molar-refractivity contribution in [3.05, 3.63) is 71.3 Å². The fourth-order valence-corrected chi connectivity index (χ4v) is 2.94. The van der Waals surface area contributed by atoms with Gasteiger partial charge in [0.2, 0.25) is 0 Å². The molecule has 2 aliphatic rings. The summed E-state index contributed by atoms with van der Waals surface area (Å²) in [6, 6.07) is 16.4. The molecule has 0 fully saturated rings. The van der Waals surface area contributed by atoms with Gasteiger partial charge in [0.15, 0.2) is 0 Å². The molecule has 3 aromatic heterocycles. The maximum absolute atomic E-state index is 4.62. The molecule has 3 aromatic rings. The van der Waals surface area contributed by atoms with Crippen molar-refractivity contribution in [2.45, 2.75) is 0 Å². The van der Waals surface area contributed by atoms with Crippen LogP contribution in [0.1, 0.15) is 22.8 Å². The van der Waals surface area contributed by atoms with Crippen LogP contribution in [0.2, 0.25) is 0 Å². The van der Waals surface area contributed by atoms with Gasteiger partial charge in [-0.05, 0) is 72.8 Å². The predicted molar refractivity (Wildman–Crippen MR) is 98.9 cm³/mol. The fourth-order valence-electron chi connectivity index (χ4n) is 2.94. The first-order valence-electron chi connectivity index (χ1n) is 7.85. The number of aromatic amines is 2. The maximum Gasteiger partial charge on any atom is 2.00 e. The zero-order valence-electron chi connectivity index (χ0n) is 15.7. The zero-order valence-corrected chi connectivity index (χ0v) is 24.7. The third kappa shape index (κ3) is 7.02. The Hall–Kier alpha value is -0.993. The number of H-pyrrole nitrogens is 2. The van der Waals surface area contributed by atoms with E-state index in [-0.39, 0.29) is 88.6 Å². The summed E-state index contributed by atoms with van der Waals surface area (Å²) in [5, 5.41) is 0. The van der Waals surface area contributed by atoms with Gasteiger partial charge in [0.25, 0.3) is 0 Å². The molecular formula is C20H14Cl4N4Zn2. The van der Waals surface area contributed by atoms with E-state index in [2.05, 4.69) is 50.3 Å². The maximum atomic E-state index is 4.62. The Labute approximate surface area is 224 Å². The van der Waals surface area contributed by atoms with Gasteiger partial charge in [-0.2, -0.15) is 0 Å². The second-order valence-electron chi connectivity index (χ2n) is 5.91. The molecule has 8 bridgehead atoms. The second kappa shape index (κ2) is 13.4. The normalized spacial score (nSPS) is 10.1. The van der Waals surface area contributed by atoms with E-state index in [0.29, 0.717) is 0 Å². The van der Waals surface area contributed by atoms with Crippen LogP contribution < -0.4 is 49.6 Å². The van der Waals surface area contributed by atoms with Gasteiger partial charge in [0.1, 0.15) is 0 Å². The minimum absolute atomic E-state index is 0. The van der Waals surface area contributed by atoms with Crippen molar-refractivity contribution in [2.75, 3.05) is 0 Å². The van der Waals surface area contributed by atoms with Crippen LogP contribution in [0.3, 0.4) is 0 Å². The molecule has 0 atom stereocenters. The fraction of sp³-hybridized carbons (Fsp3) is 0. The summed E-state index contributed by atoms with van der Waals surface area (Å²) < 4.78 is 0. The van der Waals surface area contributed by atoms with Gasteiger partial charge in [0.05, 0.1) is 22.8 Å². The number of rotatable bonds is 0. The Bertz CT molecular complexity index is 1100. The smallest absolute Gasteiger partial charge is 1.00 e. The average Bonchev–Trinajstić information content (AvgIpc) is 3.32. The molecule has 0 spiro atoms. The van der Waals surface area contributed by atoms with Crippen molar-refractivity contribution < 1.29 is 88.6 Å². The molecule has 0 amide bonds. The van der Waals surface area contributed by atoms with E-state index >= 15 is 0 Å². The number of nitrogens with one attached hydrogen (secondary N) is 2. The molecule has 2 aliphatic heterocycles. The SMILES string of the molecule is C1=Cc2cc3ccc(cc4ccc(cc5nc(cc1n2)C=C5)[nH]4)[nH]3.[Cl-].[Cl-].[Cl-].[Cl-].[Zn+2].[Zn+2]. The Morgan fingerprint density at radius 1 is 0.433 bits per heavy atom. The van der Waals surface area contributed by atoms with E-state index in [1.165, 1.54) is 0 Å². The van der Waals surface area contributed by atoms with Crippen LogP contribution in [-0.4, -0.2) is 19.9 Å². The molecule has 5 heterocycles. The molecule has 2 N–H and O–H groups in total. The summed E-state index contributed by atoms with van der Waals surface area (Å²) in [5.41, 5.74) is 7.86. The Morgan fingerprint density at radius 3 is 1.10 bits per heavy atom. The van der Waals surface area contributed by atoms with E-state index < -0.39 is 0 Å². The first-order chi connectivity index (χ1) is 11.8. The molecule has 0 unspecified atom stereocenters. The van der Waals surface area contributed by atoms with Gasteiger partial charge >= 0.3 is 39.0 Å². The molecule has 0 radical (unpaired) electrons. The van der Waals surface area contributed by atoms with Gasteiger partial charge in [-0.15, -0.1) is 0 Å². The van der Waals surface area contributed by atoms with E-state index in [9.17, 15) is 0 Å². The second-order valence-corrected chi connectivity index (χ2v) is 5.91. The zero-order chi connectivity index (χ0) is 15.9. The molecule has 0 aliphatic carbocycles. The summed E-state index contributed by atoms with van der Waals surface area (Å²) in [6.45, 7) is 0. The largest absolute Gasteiger partial charge is 2.00 e. The summed E-state index contributed by atoms with van der Waals surface area (Å²) in [7, 11) is 0. The van der Waals surface area contributed by atoms with Crippen LogP contribution in [0, 0.1) is 0 Å². The van der Waals surface area contributed by atoms with Gasteiger partial charge in [0, 0.05) is 22.1 Å². The van der Waals surface area contributed by atoms with Gasteiger partial charge in [-0.3, -0.25) is 0 Å². The molecule has 146 valence electrons. The molecule has 0 aromatic carbocycles. The summed E-state index contributed by atoms with van der Waals surface area (Å²) in [4.78, 5) is 16.0. The monoisotopic (exact) mass is 578 g/mol. The number of aromatic nitrogens is 4. The standard InChI is InChI=1S/C20H14N4.4ClH.2Zn/c1-2-14-10-16-5-6-18(23-16)12-20-8-7-19(24-20)11-17-4-3-15(22-17)9-13(1)21-14;;;;;;/h1-12,21-22H;4*1H;;/q;;;;;2*+2/p-4. The van der Waals surface area contributed by atoms with Crippen LogP contribution in [0.4, 0.5) is 0 Å². The van der Waals surface area contributed by atoms with Gasteiger partial charge in [-0.25, -0.2) is 9.97 Å². The van der Waals surface area contributed by atoms with Crippen molar-refractivity contribution in [1.82, 2.24) is 19.9 Å². The number of nitrogens with zero attached hydrogens (tertiary/aromatic N) is 2. The van der Waals surface area contributed by atoms with Crippen molar-refractivity contribution in [1.29, 1.82) is 0 Å². The minimum Gasteiger partial charge on any atom is -1.00 e. The van der Waals surface area contributed by atoms with Crippen LogP contribution in [0.25, 0.3) is 46.4 Å². The summed E-state index contributed by atoms with van der Waals surface area (Å²) in [5.74, 6) is 0. The first-order valence-corrected chi connectivity index (χ1v) is 7.85. The molecule has 30 heavy (non-hydrogen) atoms. The van der Waals surface area contributed by atoms with Gasteiger partial charge in [-0.1, -0.05) is 0 Å². The van der Waals surface area contributed by atoms with Crippen LogP contribution >= 0.6 is 0 Å². The van der Waals surface area contributed by atoms with Gasteiger partial charge < -0.3 is 59.6 Å². The molecule has 0 saturated carbocycles. The van der Waals surface area contributed by atoms with E-state index in [0.717, 1.165) is 44.8 Å². The minimum atomic E-state index is 0. The Kier molecular flexibility index (Phi) is 14.0. The van der Waals surface area contributed by atoms with Crippen molar-refractivity contribution in [2.24, 2.45) is 0 Å². The number of halogens is 4. The molecule has 4 nitrogen and oxygen atoms in total. The number of hydrogen-bond acceptors (Lipinski definition) is 2. The van der Waals surface area contributed by atoms with Crippen LogP contribution in [-0.2, 0) is 39.0 Å². The average molecular weight is 583 g/mol. The van der Waals surface area contributed by atoms with E-state index in [1.807, 2.05) is 42.5 Å². The number of hydrogen-bond donors (Lipinski definition) is 2. The van der Waals surface area contributed by atoms with E-state index in [1.54, 1.807) is 0 Å². The first kappa shape index (κ1) is 31.2. The van der Waals surface area contributed by atoms with Crippen molar-refractivity contribution >= 4 is 46.4 Å². The topological polar surface area (TPSA) is 57.4 Å². The summed E-state index contributed by atoms with van der Waals surface area (Å²) in [6.07, 6.45) is 8.05. The molecule has 0 saturated heterocycles. The van der Waals surface area contributed by atoms with Crippen LogP contribution in [0.15, 0.2) is 48.5 Å². The quantitative estimate of drug-likeness (QED) is 0.178. The molecule has 5 rings (SSSR count). The molecular weight excluding hydrogens is 569 g/mol. The predicted octanol–water partition coefficient (Wildman–Crippen LogP) is -7.33. The molecule has 10 heteroatoms. The van der Waals surface area contributed by atoms with Crippen LogP contribution in [0.5, 0.6) is 0 Å².